The molecule has 0 radical (unpaired) electrons. The Bertz CT molecular complexity index is 579. The van der Waals surface area contributed by atoms with Crippen LogP contribution in [0, 0.1) is 5.92 Å². The van der Waals surface area contributed by atoms with Gasteiger partial charge in [0.2, 0.25) is 0 Å². The van der Waals surface area contributed by atoms with Gasteiger partial charge in [-0.05, 0) is 39.2 Å². The summed E-state index contributed by atoms with van der Waals surface area (Å²) in [5, 5.41) is 18.8. The zero-order valence-electron chi connectivity index (χ0n) is 14.3. The summed E-state index contributed by atoms with van der Waals surface area (Å²) in [6.07, 6.45) is 6.05. The smallest absolute Gasteiger partial charge is 0.303 e. The van der Waals surface area contributed by atoms with Crippen molar-refractivity contribution < 1.29 is 24.5 Å². The van der Waals surface area contributed by atoms with Crippen LogP contribution in [0.25, 0.3) is 0 Å². The summed E-state index contributed by atoms with van der Waals surface area (Å²) < 4.78 is 11.9. The molecule has 1 aromatic rings. The predicted octanol–water partition coefficient (Wildman–Crippen LogP) is 4.03. The Kier molecular flexibility index (Phi) is 6.40. The van der Waals surface area contributed by atoms with E-state index in [1.807, 2.05) is 38.1 Å². The fourth-order valence-electron chi connectivity index (χ4n) is 2.86. The highest BCUT2D eigenvalue weighted by Gasteiger charge is 2.37. The van der Waals surface area contributed by atoms with Gasteiger partial charge in [-0.1, -0.05) is 30.4 Å². The average Bonchev–Trinajstić information content (AvgIpc) is 2.51. The number of carboxylic acid groups (broad SMARTS) is 1. The van der Waals surface area contributed by atoms with Gasteiger partial charge in [-0.25, -0.2) is 0 Å². The third-order valence-corrected chi connectivity index (χ3v) is 4.12. The topological polar surface area (TPSA) is 76.0 Å². The van der Waals surface area contributed by atoms with Crippen LogP contribution in [0.15, 0.2) is 36.4 Å². The Morgan fingerprint density at radius 1 is 1.29 bits per heavy atom. The minimum Gasteiger partial charge on any atom is -0.508 e. The van der Waals surface area contributed by atoms with Crippen molar-refractivity contribution in [2.24, 2.45) is 5.92 Å². The predicted molar refractivity (Wildman–Crippen MR) is 90.7 cm³/mol. The number of allylic oxidation sites excluding steroid dienone is 2. The van der Waals surface area contributed by atoms with Crippen LogP contribution < -0.4 is 0 Å². The first-order valence-corrected chi connectivity index (χ1v) is 8.35. The summed E-state index contributed by atoms with van der Waals surface area (Å²) in [5.74, 6) is -1.09. The molecule has 5 heteroatoms. The fraction of sp³-hybridized carbons (Fsp3) is 0.526. The molecule has 1 fully saturated rings. The Hall–Kier alpha value is -1.85. The van der Waals surface area contributed by atoms with Crippen molar-refractivity contribution in [2.45, 2.75) is 51.4 Å². The highest BCUT2D eigenvalue weighted by Crippen LogP contribution is 2.41. The molecule has 1 aromatic carbocycles. The number of ether oxygens (including phenoxy) is 2. The van der Waals surface area contributed by atoms with E-state index in [1.165, 1.54) is 0 Å². The van der Waals surface area contributed by atoms with Gasteiger partial charge in [0.15, 0.2) is 5.79 Å². The van der Waals surface area contributed by atoms with Gasteiger partial charge in [0.1, 0.15) is 5.75 Å². The van der Waals surface area contributed by atoms with Gasteiger partial charge in [0.05, 0.1) is 12.7 Å². The number of phenolic OH excluding ortho intramolecular Hbond substituents is 1. The average molecular weight is 334 g/mol. The van der Waals surface area contributed by atoms with Crippen molar-refractivity contribution in [1.82, 2.24) is 0 Å². The van der Waals surface area contributed by atoms with Gasteiger partial charge in [-0.15, -0.1) is 0 Å². The molecule has 1 heterocycles. The van der Waals surface area contributed by atoms with Gasteiger partial charge in [-0.3, -0.25) is 4.79 Å². The van der Waals surface area contributed by atoms with E-state index in [9.17, 15) is 9.90 Å². The number of carbonyl (C=O) groups is 1. The molecule has 1 aliphatic heterocycles. The van der Waals surface area contributed by atoms with Crippen LogP contribution in [-0.4, -0.2) is 28.6 Å². The molecule has 2 atom stereocenters. The minimum absolute atomic E-state index is 0.135. The van der Waals surface area contributed by atoms with E-state index in [-0.39, 0.29) is 24.2 Å². The number of hydrogen-bond acceptors (Lipinski definition) is 4. The summed E-state index contributed by atoms with van der Waals surface area (Å²) in [5.41, 5.74) is 0.786. The van der Waals surface area contributed by atoms with Crippen LogP contribution >= 0.6 is 0 Å². The number of hydrogen-bond donors (Lipinski definition) is 2. The fourth-order valence-corrected chi connectivity index (χ4v) is 2.86. The van der Waals surface area contributed by atoms with Crippen molar-refractivity contribution in [2.75, 3.05) is 6.61 Å². The molecule has 0 saturated carbocycles. The maximum absolute atomic E-state index is 10.5. The molecule has 0 aromatic heterocycles. The quantitative estimate of drug-likeness (QED) is 0.736. The van der Waals surface area contributed by atoms with E-state index in [2.05, 4.69) is 0 Å². The van der Waals surface area contributed by atoms with Crippen molar-refractivity contribution in [1.29, 1.82) is 0 Å². The SMILES string of the molecule is CC1(C)OCC(CC/C=C\CCC(=O)O)C(c2ccccc2O)O1. The third kappa shape index (κ3) is 5.35. The lowest BCUT2D eigenvalue weighted by Crippen LogP contribution is -2.41. The zero-order valence-corrected chi connectivity index (χ0v) is 14.3. The molecule has 1 aliphatic rings. The van der Waals surface area contributed by atoms with Crippen LogP contribution in [0.4, 0.5) is 0 Å². The van der Waals surface area contributed by atoms with Gasteiger partial charge in [0, 0.05) is 17.9 Å². The molecule has 1 saturated heterocycles. The van der Waals surface area contributed by atoms with Crippen LogP contribution in [0.1, 0.15) is 51.2 Å². The normalized spacial score (nSPS) is 23.4. The molecule has 0 bridgehead atoms. The summed E-state index contributed by atoms with van der Waals surface area (Å²) in [7, 11) is 0. The number of aliphatic carboxylic acids is 1. The van der Waals surface area contributed by atoms with Gasteiger partial charge >= 0.3 is 5.97 Å². The Labute approximate surface area is 142 Å². The number of rotatable bonds is 7. The highest BCUT2D eigenvalue weighted by molar-refractivity contribution is 5.66. The lowest BCUT2D eigenvalue weighted by Gasteiger charge is -2.41. The summed E-state index contributed by atoms with van der Waals surface area (Å²) in [6.45, 7) is 4.32. The zero-order chi connectivity index (χ0) is 17.6. The van der Waals surface area contributed by atoms with Crippen LogP contribution in [0.5, 0.6) is 5.75 Å². The van der Waals surface area contributed by atoms with Crippen molar-refractivity contribution in [3.63, 3.8) is 0 Å². The van der Waals surface area contributed by atoms with Crippen molar-refractivity contribution in [3.8, 4) is 5.75 Å². The second kappa shape index (κ2) is 8.31. The maximum atomic E-state index is 10.5. The number of aromatic hydroxyl groups is 1. The standard InChI is InChI=1S/C19H26O5/c1-19(2)23-13-14(9-5-3-4-6-12-17(21)22)18(24-19)15-10-7-8-11-16(15)20/h3-4,7-8,10-11,14,18,20H,5-6,9,12-13H2,1-2H3,(H,21,22)/b4-3-. The van der Waals surface area contributed by atoms with E-state index in [0.717, 1.165) is 18.4 Å². The molecule has 0 aliphatic carbocycles. The lowest BCUT2D eigenvalue weighted by molar-refractivity contribution is -0.296. The first kappa shape index (κ1) is 18.5. The van der Waals surface area contributed by atoms with E-state index in [4.69, 9.17) is 14.6 Å². The highest BCUT2D eigenvalue weighted by atomic mass is 16.7. The molecule has 24 heavy (non-hydrogen) atoms. The first-order chi connectivity index (χ1) is 11.4. The first-order valence-electron chi connectivity index (χ1n) is 8.35. The monoisotopic (exact) mass is 334 g/mol. The number of benzene rings is 1. The molecule has 5 nitrogen and oxygen atoms in total. The van der Waals surface area contributed by atoms with E-state index >= 15 is 0 Å². The minimum atomic E-state index is -0.782. The molecule has 0 spiro atoms. The van der Waals surface area contributed by atoms with E-state index in [1.54, 1.807) is 12.1 Å². The Morgan fingerprint density at radius 2 is 2.00 bits per heavy atom. The molecule has 2 N–H and O–H groups in total. The Morgan fingerprint density at radius 3 is 2.71 bits per heavy atom. The summed E-state index contributed by atoms with van der Waals surface area (Å²) >= 11 is 0. The van der Waals surface area contributed by atoms with Gasteiger partial charge in [0.25, 0.3) is 0 Å². The van der Waals surface area contributed by atoms with Crippen molar-refractivity contribution >= 4 is 5.97 Å². The third-order valence-electron chi connectivity index (χ3n) is 4.12. The van der Waals surface area contributed by atoms with Gasteiger partial charge < -0.3 is 19.7 Å². The van der Waals surface area contributed by atoms with E-state index in [0.29, 0.717) is 13.0 Å². The summed E-state index contributed by atoms with van der Waals surface area (Å²) in [4.78, 5) is 10.5. The molecule has 132 valence electrons. The second-order valence-corrected chi connectivity index (χ2v) is 6.55. The van der Waals surface area contributed by atoms with E-state index < -0.39 is 11.8 Å². The molecule has 0 amide bonds. The van der Waals surface area contributed by atoms with Gasteiger partial charge in [-0.2, -0.15) is 0 Å². The maximum Gasteiger partial charge on any atom is 0.303 e. The number of phenols is 1. The van der Waals surface area contributed by atoms with Crippen LogP contribution in [0.2, 0.25) is 0 Å². The molecule has 2 unspecified atom stereocenters. The number of carboxylic acids is 1. The second-order valence-electron chi connectivity index (χ2n) is 6.55. The largest absolute Gasteiger partial charge is 0.508 e. The molecular weight excluding hydrogens is 308 g/mol. The summed E-state index contributed by atoms with van der Waals surface area (Å²) in [6, 6.07) is 7.24. The Balaban J connectivity index is 1.99. The van der Waals surface area contributed by atoms with Crippen LogP contribution in [-0.2, 0) is 14.3 Å². The number of para-hydroxylation sites is 1. The molecule has 2 rings (SSSR count). The van der Waals surface area contributed by atoms with Crippen molar-refractivity contribution in [3.05, 3.63) is 42.0 Å². The van der Waals surface area contributed by atoms with Crippen LogP contribution in [0.3, 0.4) is 0 Å². The lowest BCUT2D eigenvalue weighted by atomic mass is 9.90. The molecular formula is C19H26O5.